The molecule has 0 aromatic heterocycles. The van der Waals surface area contributed by atoms with Crippen molar-refractivity contribution in [1.82, 2.24) is 0 Å². The van der Waals surface area contributed by atoms with E-state index in [9.17, 15) is 4.79 Å². The normalized spacial score (nSPS) is 12.4. The summed E-state index contributed by atoms with van der Waals surface area (Å²) in [6.07, 6.45) is 0.914. The molecule has 1 aliphatic heterocycles. The van der Waals surface area contributed by atoms with Crippen molar-refractivity contribution in [3.05, 3.63) is 59.2 Å². The first kappa shape index (κ1) is 14.2. The van der Waals surface area contributed by atoms with Gasteiger partial charge in [-0.25, -0.2) is 4.79 Å². The van der Waals surface area contributed by atoms with Crippen molar-refractivity contribution in [2.24, 2.45) is 0 Å². The summed E-state index contributed by atoms with van der Waals surface area (Å²) in [5.41, 5.74) is 3.19. The summed E-state index contributed by atoms with van der Waals surface area (Å²) in [4.78, 5) is 14.4. The lowest BCUT2D eigenvalue weighted by atomic mass is 10.0. The van der Waals surface area contributed by atoms with Gasteiger partial charge in [-0.2, -0.15) is 0 Å². The van der Waals surface area contributed by atoms with E-state index in [0.29, 0.717) is 12.2 Å². The molecule has 0 atom stereocenters. The SMILES string of the molecule is COCCOC(=O)c1ccc2c(c1)Sc1ccccc1C2. The molecule has 0 bridgehead atoms. The number of fused-ring (bicyclic) bond motifs is 2. The first-order chi connectivity index (χ1) is 10.3. The standard InChI is InChI=1S/C17H16O3S/c1-19-8-9-20-17(18)14-7-6-13-10-12-4-2-3-5-15(12)21-16(13)11-14/h2-7,11H,8-10H2,1H3. The third-order valence-corrected chi connectivity index (χ3v) is 4.62. The van der Waals surface area contributed by atoms with Crippen molar-refractivity contribution in [2.75, 3.05) is 20.3 Å². The van der Waals surface area contributed by atoms with E-state index in [2.05, 4.69) is 18.2 Å². The van der Waals surface area contributed by atoms with Gasteiger partial charge in [-0.05, 0) is 35.7 Å². The molecule has 3 nitrogen and oxygen atoms in total. The Kier molecular flexibility index (Phi) is 4.27. The molecular weight excluding hydrogens is 284 g/mol. The molecule has 1 aliphatic rings. The lowest BCUT2D eigenvalue weighted by Gasteiger charge is -2.19. The monoisotopic (exact) mass is 300 g/mol. The van der Waals surface area contributed by atoms with Gasteiger partial charge in [0.25, 0.3) is 0 Å². The lowest BCUT2D eigenvalue weighted by Crippen LogP contribution is -2.10. The molecule has 0 aliphatic carbocycles. The van der Waals surface area contributed by atoms with Gasteiger partial charge in [0.15, 0.2) is 0 Å². The van der Waals surface area contributed by atoms with Gasteiger partial charge >= 0.3 is 5.97 Å². The van der Waals surface area contributed by atoms with Crippen LogP contribution in [0.5, 0.6) is 0 Å². The second-order valence-electron chi connectivity index (χ2n) is 4.84. The number of esters is 1. The Labute approximate surface area is 128 Å². The fourth-order valence-corrected chi connectivity index (χ4v) is 3.41. The highest BCUT2D eigenvalue weighted by Gasteiger charge is 2.17. The minimum Gasteiger partial charge on any atom is -0.460 e. The van der Waals surface area contributed by atoms with E-state index < -0.39 is 0 Å². The van der Waals surface area contributed by atoms with Crippen molar-refractivity contribution in [1.29, 1.82) is 0 Å². The Morgan fingerprint density at radius 1 is 1.10 bits per heavy atom. The summed E-state index contributed by atoms with van der Waals surface area (Å²) in [6, 6.07) is 14.1. The number of rotatable bonds is 4. The minimum atomic E-state index is -0.297. The molecule has 0 fully saturated rings. The van der Waals surface area contributed by atoms with Crippen LogP contribution in [0.4, 0.5) is 0 Å². The second-order valence-corrected chi connectivity index (χ2v) is 5.92. The van der Waals surface area contributed by atoms with Gasteiger partial charge in [0.2, 0.25) is 0 Å². The summed E-state index contributed by atoms with van der Waals surface area (Å²) < 4.78 is 10.0. The van der Waals surface area contributed by atoms with Crippen LogP contribution in [-0.4, -0.2) is 26.3 Å². The van der Waals surface area contributed by atoms with Crippen LogP contribution in [0.2, 0.25) is 0 Å². The van der Waals surface area contributed by atoms with E-state index in [1.165, 1.54) is 16.0 Å². The molecule has 0 saturated heterocycles. The fourth-order valence-electron chi connectivity index (χ4n) is 2.30. The quantitative estimate of drug-likeness (QED) is 0.545. The molecule has 108 valence electrons. The number of carbonyl (C=O) groups is 1. The fraction of sp³-hybridized carbons (Fsp3) is 0.235. The Hall–Kier alpha value is -1.78. The van der Waals surface area contributed by atoms with Crippen LogP contribution < -0.4 is 0 Å². The largest absolute Gasteiger partial charge is 0.460 e. The molecule has 2 aromatic carbocycles. The third kappa shape index (κ3) is 3.12. The number of hydrogen-bond donors (Lipinski definition) is 0. The number of hydrogen-bond acceptors (Lipinski definition) is 4. The van der Waals surface area contributed by atoms with Gasteiger partial charge in [-0.3, -0.25) is 0 Å². The van der Waals surface area contributed by atoms with Gasteiger partial charge in [-0.1, -0.05) is 36.0 Å². The number of ether oxygens (including phenoxy) is 2. The molecule has 0 unspecified atom stereocenters. The molecule has 0 amide bonds. The maximum Gasteiger partial charge on any atom is 0.338 e. The molecule has 3 rings (SSSR count). The van der Waals surface area contributed by atoms with Crippen LogP contribution in [0.1, 0.15) is 21.5 Å². The first-order valence-electron chi connectivity index (χ1n) is 6.82. The number of benzene rings is 2. The smallest absolute Gasteiger partial charge is 0.338 e. The first-order valence-corrected chi connectivity index (χ1v) is 7.64. The lowest BCUT2D eigenvalue weighted by molar-refractivity contribution is 0.0388. The Morgan fingerprint density at radius 2 is 1.90 bits per heavy atom. The van der Waals surface area contributed by atoms with Crippen LogP contribution in [0.15, 0.2) is 52.3 Å². The van der Waals surface area contributed by atoms with Gasteiger partial charge in [-0.15, -0.1) is 0 Å². The van der Waals surface area contributed by atoms with Gasteiger partial charge in [0, 0.05) is 16.9 Å². The molecule has 21 heavy (non-hydrogen) atoms. The summed E-state index contributed by atoms with van der Waals surface area (Å²) >= 11 is 1.71. The highest BCUT2D eigenvalue weighted by atomic mass is 32.2. The molecule has 0 radical (unpaired) electrons. The van der Waals surface area contributed by atoms with E-state index in [1.807, 2.05) is 24.3 Å². The van der Waals surface area contributed by atoms with Crippen molar-refractivity contribution in [3.8, 4) is 0 Å². The van der Waals surface area contributed by atoms with Crippen LogP contribution in [0, 0.1) is 0 Å². The minimum absolute atomic E-state index is 0.280. The average molecular weight is 300 g/mol. The zero-order chi connectivity index (χ0) is 14.7. The average Bonchev–Trinajstić information content (AvgIpc) is 2.52. The van der Waals surface area contributed by atoms with Crippen molar-refractivity contribution in [2.45, 2.75) is 16.2 Å². The van der Waals surface area contributed by atoms with Crippen molar-refractivity contribution in [3.63, 3.8) is 0 Å². The topological polar surface area (TPSA) is 35.5 Å². The molecule has 1 heterocycles. The predicted molar refractivity (Wildman–Crippen MR) is 82.0 cm³/mol. The second kappa shape index (κ2) is 6.33. The Bertz CT molecular complexity index is 667. The Morgan fingerprint density at radius 3 is 2.76 bits per heavy atom. The van der Waals surface area contributed by atoms with E-state index in [1.54, 1.807) is 18.9 Å². The number of methoxy groups -OCH3 is 1. The van der Waals surface area contributed by atoms with Crippen LogP contribution in [0.25, 0.3) is 0 Å². The zero-order valence-corrected chi connectivity index (χ0v) is 12.6. The van der Waals surface area contributed by atoms with Gasteiger partial charge in [0.05, 0.1) is 12.2 Å². The van der Waals surface area contributed by atoms with E-state index in [0.717, 1.165) is 11.3 Å². The maximum atomic E-state index is 12.0. The summed E-state index contributed by atoms with van der Waals surface area (Å²) in [5.74, 6) is -0.297. The summed E-state index contributed by atoms with van der Waals surface area (Å²) in [6.45, 7) is 0.696. The van der Waals surface area contributed by atoms with Crippen LogP contribution >= 0.6 is 11.8 Å². The van der Waals surface area contributed by atoms with E-state index in [-0.39, 0.29) is 12.6 Å². The third-order valence-electron chi connectivity index (χ3n) is 3.40. The van der Waals surface area contributed by atoms with Crippen LogP contribution in [-0.2, 0) is 15.9 Å². The van der Waals surface area contributed by atoms with E-state index in [4.69, 9.17) is 9.47 Å². The predicted octanol–water partition coefficient (Wildman–Crippen LogP) is 3.55. The number of carbonyl (C=O) groups excluding carboxylic acids is 1. The molecule has 2 aromatic rings. The summed E-state index contributed by atoms with van der Waals surface area (Å²) in [5, 5.41) is 0. The molecule has 0 spiro atoms. The highest BCUT2D eigenvalue weighted by Crippen LogP contribution is 2.39. The molecule has 4 heteroatoms. The summed E-state index contributed by atoms with van der Waals surface area (Å²) in [7, 11) is 1.58. The maximum absolute atomic E-state index is 12.0. The van der Waals surface area contributed by atoms with Crippen LogP contribution in [0.3, 0.4) is 0 Å². The Balaban J connectivity index is 1.78. The molecule has 0 saturated carbocycles. The van der Waals surface area contributed by atoms with Gasteiger partial charge < -0.3 is 9.47 Å². The zero-order valence-electron chi connectivity index (χ0n) is 11.8. The molecular formula is C17H16O3S. The highest BCUT2D eigenvalue weighted by molar-refractivity contribution is 7.99. The van der Waals surface area contributed by atoms with Crippen molar-refractivity contribution >= 4 is 17.7 Å². The van der Waals surface area contributed by atoms with Gasteiger partial charge in [0.1, 0.15) is 6.61 Å². The van der Waals surface area contributed by atoms with E-state index >= 15 is 0 Å². The van der Waals surface area contributed by atoms with Crippen molar-refractivity contribution < 1.29 is 14.3 Å². The molecule has 0 N–H and O–H groups in total.